The van der Waals surface area contributed by atoms with E-state index in [4.69, 9.17) is 5.73 Å². The van der Waals surface area contributed by atoms with Gasteiger partial charge >= 0.3 is 0 Å². The molecule has 4 N–H and O–H groups in total. The second-order valence-corrected chi connectivity index (χ2v) is 8.89. The van der Waals surface area contributed by atoms with Gasteiger partial charge in [-0.2, -0.15) is 0 Å². The molecule has 3 heterocycles. The van der Waals surface area contributed by atoms with E-state index in [1.807, 2.05) is 45.2 Å². The first-order chi connectivity index (χ1) is 14.9. The highest BCUT2D eigenvalue weighted by Gasteiger charge is 2.28. The van der Waals surface area contributed by atoms with E-state index in [0.717, 1.165) is 35.6 Å². The van der Waals surface area contributed by atoms with Gasteiger partial charge in [0.15, 0.2) is 0 Å². The molecule has 0 spiro atoms. The first-order valence-corrected chi connectivity index (χ1v) is 11.6. The van der Waals surface area contributed by atoms with Crippen LogP contribution in [0.1, 0.15) is 42.3 Å². The molecule has 3 aromatic rings. The number of aromatic nitrogens is 1. The zero-order valence-electron chi connectivity index (χ0n) is 18.8. The summed E-state index contributed by atoms with van der Waals surface area (Å²) >= 11 is 1.74. The molecular formula is C26H32N4S. The van der Waals surface area contributed by atoms with Gasteiger partial charge in [-0.15, -0.1) is 11.3 Å². The molecule has 31 heavy (non-hydrogen) atoms. The van der Waals surface area contributed by atoms with Crippen LogP contribution in [0.4, 0.5) is 11.5 Å². The van der Waals surface area contributed by atoms with Gasteiger partial charge in [0.25, 0.3) is 0 Å². The van der Waals surface area contributed by atoms with Crippen LogP contribution in [-0.2, 0) is 6.42 Å². The van der Waals surface area contributed by atoms with Gasteiger partial charge in [-0.05, 0) is 47.5 Å². The van der Waals surface area contributed by atoms with Crippen molar-refractivity contribution in [2.75, 3.05) is 17.2 Å². The fourth-order valence-electron chi connectivity index (χ4n) is 3.61. The SMILES string of the molecule is C=C(N)c1ccc(CC2(C)C=C(Nc3ccc(C)cn3)c3sccc3NC2)cc1.CC. The molecule has 1 unspecified atom stereocenters. The standard InChI is InChI=1S/C24H26N4S.C2H6/c1-16-4-9-22(26-14-16)28-21-13-24(3,15-27-20-10-11-29-23(20)21)12-18-5-7-19(8-6-18)17(2)25;1-2/h4-11,13-14,27H,2,12,15,25H2,1,3H3,(H,26,28);1-2H3. The third kappa shape index (κ3) is 5.56. The maximum Gasteiger partial charge on any atom is 0.130 e. The Labute approximate surface area is 189 Å². The largest absolute Gasteiger partial charge is 0.399 e. The van der Waals surface area contributed by atoms with Crippen molar-refractivity contribution in [2.24, 2.45) is 11.1 Å². The summed E-state index contributed by atoms with van der Waals surface area (Å²) in [5.41, 5.74) is 12.0. The summed E-state index contributed by atoms with van der Waals surface area (Å²) in [5, 5.41) is 9.30. The smallest absolute Gasteiger partial charge is 0.130 e. The van der Waals surface area contributed by atoms with Crippen molar-refractivity contribution in [3.8, 4) is 0 Å². The van der Waals surface area contributed by atoms with Gasteiger partial charge in [0, 0.05) is 23.9 Å². The van der Waals surface area contributed by atoms with Gasteiger partial charge in [0.1, 0.15) is 5.82 Å². The quantitative estimate of drug-likeness (QED) is 0.429. The number of nitrogens with zero attached hydrogens (tertiary/aromatic N) is 1. The predicted molar refractivity (Wildman–Crippen MR) is 136 cm³/mol. The van der Waals surface area contributed by atoms with Gasteiger partial charge < -0.3 is 16.4 Å². The van der Waals surface area contributed by atoms with E-state index in [2.05, 4.69) is 64.8 Å². The van der Waals surface area contributed by atoms with E-state index < -0.39 is 0 Å². The van der Waals surface area contributed by atoms with Gasteiger partial charge in [0.2, 0.25) is 0 Å². The number of anilines is 2. The molecule has 5 heteroatoms. The van der Waals surface area contributed by atoms with Crippen molar-refractivity contribution in [2.45, 2.75) is 34.1 Å². The molecule has 1 atom stereocenters. The molecule has 0 aliphatic carbocycles. The van der Waals surface area contributed by atoms with E-state index in [-0.39, 0.29) is 5.41 Å². The van der Waals surface area contributed by atoms with Crippen molar-refractivity contribution >= 4 is 34.2 Å². The molecule has 0 saturated carbocycles. The van der Waals surface area contributed by atoms with Crippen molar-refractivity contribution in [3.63, 3.8) is 0 Å². The highest BCUT2D eigenvalue weighted by molar-refractivity contribution is 7.11. The first kappa shape index (κ1) is 22.6. The number of pyridine rings is 1. The van der Waals surface area contributed by atoms with Crippen LogP contribution >= 0.6 is 11.3 Å². The average molecular weight is 433 g/mol. The van der Waals surface area contributed by atoms with Crippen LogP contribution in [0.5, 0.6) is 0 Å². The van der Waals surface area contributed by atoms with E-state index in [0.29, 0.717) is 5.70 Å². The number of hydrogen-bond donors (Lipinski definition) is 3. The Balaban J connectivity index is 0.00000132. The van der Waals surface area contributed by atoms with Crippen LogP contribution in [0.2, 0.25) is 0 Å². The maximum absolute atomic E-state index is 5.81. The van der Waals surface area contributed by atoms with E-state index in [1.54, 1.807) is 11.3 Å². The number of fused-ring (bicyclic) bond motifs is 1. The van der Waals surface area contributed by atoms with Crippen LogP contribution in [0.15, 0.2) is 66.7 Å². The van der Waals surface area contributed by atoms with Crippen LogP contribution < -0.4 is 16.4 Å². The van der Waals surface area contributed by atoms with E-state index in [9.17, 15) is 0 Å². The topological polar surface area (TPSA) is 63.0 Å². The van der Waals surface area contributed by atoms with Crippen molar-refractivity contribution in [3.05, 3.63) is 88.3 Å². The van der Waals surface area contributed by atoms with Gasteiger partial charge in [-0.25, -0.2) is 4.98 Å². The maximum atomic E-state index is 5.81. The molecule has 1 aliphatic heterocycles. The number of hydrogen-bond acceptors (Lipinski definition) is 5. The predicted octanol–water partition coefficient (Wildman–Crippen LogP) is 6.53. The minimum Gasteiger partial charge on any atom is -0.399 e. The molecule has 0 radical (unpaired) electrons. The fourth-order valence-corrected chi connectivity index (χ4v) is 4.45. The van der Waals surface area contributed by atoms with Crippen LogP contribution in [-0.4, -0.2) is 11.5 Å². The van der Waals surface area contributed by atoms with Crippen molar-refractivity contribution in [1.29, 1.82) is 0 Å². The molecule has 4 rings (SSSR count). The van der Waals surface area contributed by atoms with Crippen molar-refractivity contribution in [1.82, 2.24) is 4.98 Å². The summed E-state index contributed by atoms with van der Waals surface area (Å²) in [5.74, 6) is 0.858. The summed E-state index contributed by atoms with van der Waals surface area (Å²) in [7, 11) is 0. The Morgan fingerprint density at radius 3 is 2.58 bits per heavy atom. The number of rotatable bonds is 5. The third-order valence-corrected chi connectivity index (χ3v) is 6.14. The summed E-state index contributed by atoms with van der Waals surface area (Å²) in [6, 6.07) is 14.6. The molecule has 4 nitrogen and oxygen atoms in total. The zero-order valence-corrected chi connectivity index (χ0v) is 19.6. The highest BCUT2D eigenvalue weighted by Crippen LogP contribution is 2.38. The van der Waals surface area contributed by atoms with E-state index >= 15 is 0 Å². The van der Waals surface area contributed by atoms with E-state index in [1.165, 1.54) is 16.1 Å². The van der Waals surface area contributed by atoms with Crippen LogP contribution in [0, 0.1) is 12.3 Å². The second kappa shape index (κ2) is 9.84. The monoisotopic (exact) mass is 432 g/mol. The summed E-state index contributed by atoms with van der Waals surface area (Å²) in [6.07, 6.45) is 5.15. The lowest BCUT2D eigenvalue weighted by Gasteiger charge is -2.26. The first-order valence-electron chi connectivity index (χ1n) is 10.7. The molecule has 162 valence electrons. The Bertz CT molecular complexity index is 1050. The number of thiophene rings is 1. The minimum absolute atomic E-state index is 0.0625. The Kier molecular flexibility index (Phi) is 7.18. The molecular weight excluding hydrogens is 400 g/mol. The minimum atomic E-state index is -0.0625. The van der Waals surface area contributed by atoms with Gasteiger partial charge in [-0.3, -0.25) is 0 Å². The fraction of sp³-hybridized carbons (Fsp3) is 0.269. The third-order valence-electron chi connectivity index (χ3n) is 5.19. The van der Waals surface area contributed by atoms with Gasteiger partial charge in [0.05, 0.1) is 16.3 Å². The molecule has 2 aromatic heterocycles. The number of nitrogens with two attached hydrogens (primary N) is 1. The Morgan fingerprint density at radius 1 is 1.19 bits per heavy atom. The van der Waals surface area contributed by atoms with Gasteiger partial charge in [-0.1, -0.05) is 63.8 Å². The lowest BCUT2D eigenvalue weighted by atomic mass is 9.82. The van der Waals surface area contributed by atoms with Crippen LogP contribution in [0.25, 0.3) is 11.4 Å². The molecule has 1 aromatic carbocycles. The zero-order chi connectivity index (χ0) is 22.4. The number of benzene rings is 1. The Morgan fingerprint density at radius 2 is 1.94 bits per heavy atom. The molecule has 0 fully saturated rings. The Hall–Kier alpha value is -3.05. The summed E-state index contributed by atoms with van der Waals surface area (Å²) in [4.78, 5) is 5.74. The molecule has 1 aliphatic rings. The van der Waals surface area contributed by atoms with Crippen LogP contribution in [0.3, 0.4) is 0 Å². The average Bonchev–Trinajstić information content (AvgIpc) is 3.19. The molecule has 0 amide bonds. The second-order valence-electron chi connectivity index (χ2n) is 7.97. The summed E-state index contributed by atoms with van der Waals surface area (Å²) in [6.45, 7) is 13.0. The molecule has 0 saturated heterocycles. The normalized spacial score (nSPS) is 17.2. The number of aryl methyl sites for hydroxylation is 1. The lowest BCUT2D eigenvalue weighted by Crippen LogP contribution is -2.26. The lowest BCUT2D eigenvalue weighted by molar-refractivity contribution is 0.455. The number of nitrogens with one attached hydrogen (secondary N) is 2. The van der Waals surface area contributed by atoms with Crippen molar-refractivity contribution < 1.29 is 0 Å². The highest BCUT2D eigenvalue weighted by atomic mass is 32.1. The molecule has 0 bridgehead atoms. The summed E-state index contributed by atoms with van der Waals surface area (Å²) < 4.78 is 0.